The summed E-state index contributed by atoms with van der Waals surface area (Å²) in [6.45, 7) is 9.43. The van der Waals surface area contributed by atoms with Gasteiger partial charge < -0.3 is 14.8 Å². The van der Waals surface area contributed by atoms with E-state index in [4.69, 9.17) is 9.47 Å². The van der Waals surface area contributed by atoms with E-state index in [1.54, 1.807) is 20.8 Å². The molecule has 5 nitrogen and oxygen atoms in total. The highest BCUT2D eigenvalue weighted by molar-refractivity contribution is 5.81. The van der Waals surface area contributed by atoms with Crippen LogP contribution >= 0.6 is 0 Å². The highest BCUT2D eigenvalue weighted by atomic mass is 16.6. The third-order valence-electron chi connectivity index (χ3n) is 3.78. The molecule has 1 aliphatic rings. The molecule has 5 heteroatoms. The first-order chi connectivity index (χ1) is 9.73. The van der Waals surface area contributed by atoms with E-state index in [1.807, 2.05) is 6.92 Å². The largest absolute Gasteiger partial charge is 0.461 e. The predicted molar refractivity (Wildman–Crippen MR) is 81.0 cm³/mol. The molecule has 0 spiro atoms. The Morgan fingerprint density at radius 1 is 1.33 bits per heavy atom. The number of hydrogen-bond donors (Lipinski definition) is 1. The monoisotopic (exact) mass is 299 g/mol. The molecule has 122 valence electrons. The lowest BCUT2D eigenvalue weighted by atomic mass is 9.94. The van der Waals surface area contributed by atoms with E-state index in [1.165, 1.54) is 0 Å². The fraction of sp³-hybridized carbons (Fsp3) is 0.875. The highest BCUT2D eigenvalue weighted by Gasteiger charge is 2.29. The van der Waals surface area contributed by atoms with E-state index in [2.05, 4.69) is 12.2 Å². The minimum Gasteiger partial charge on any atom is -0.461 e. The normalized spacial score (nSPS) is 27.9. The van der Waals surface area contributed by atoms with Crippen LogP contribution in [0.2, 0.25) is 0 Å². The lowest BCUT2D eigenvalue weighted by Crippen LogP contribution is -2.45. The van der Waals surface area contributed by atoms with Crippen LogP contribution in [0.5, 0.6) is 0 Å². The number of amides is 1. The van der Waals surface area contributed by atoms with E-state index in [-0.39, 0.29) is 12.1 Å². The molecule has 1 heterocycles. The summed E-state index contributed by atoms with van der Waals surface area (Å²) >= 11 is 0. The molecule has 0 aliphatic carbocycles. The molecule has 0 radical (unpaired) electrons. The van der Waals surface area contributed by atoms with Crippen molar-refractivity contribution in [2.45, 2.75) is 84.5 Å². The third kappa shape index (κ3) is 6.36. The maximum Gasteiger partial charge on any atom is 0.408 e. The van der Waals surface area contributed by atoms with Gasteiger partial charge in [0.25, 0.3) is 0 Å². The Labute approximate surface area is 127 Å². The summed E-state index contributed by atoms with van der Waals surface area (Å²) in [4.78, 5) is 24.0. The quantitative estimate of drug-likeness (QED) is 0.794. The SMILES string of the molecule is CC[C@@H]1CCCC[C@H](NC(=O)OC(C)(C)C)C(=O)O[C@H]1C. The molecule has 3 atom stereocenters. The second-order valence-electron chi connectivity index (χ2n) is 6.79. The number of rotatable bonds is 2. The molecular weight excluding hydrogens is 270 g/mol. The average Bonchev–Trinajstić information content (AvgIpc) is 2.39. The van der Waals surface area contributed by atoms with Crippen molar-refractivity contribution in [3.63, 3.8) is 0 Å². The van der Waals surface area contributed by atoms with Crippen LogP contribution in [0.3, 0.4) is 0 Å². The molecule has 1 aliphatic heterocycles. The van der Waals surface area contributed by atoms with Crippen LogP contribution in [-0.4, -0.2) is 29.8 Å². The molecule has 0 aromatic rings. The number of cyclic esters (lactones) is 1. The van der Waals surface area contributed by atoms with E-state index in [9.17, 15) is 9.59 Å². The third-order valence-corrected chi connectivity index (χ3v) is 3.78. The Balaban J connectivity index is 2.64. The molecule has 1 amide bonds. The van der Waals surface area contributed by atoms with Crippen LogP contribution in [0, 0.1) is 5.92 Å². The summed E-state index contributed by atoms with van der Waals surface area (Å²) in [5.41, 5.74) is -0.576. The van der Waals surface area contributed by atoms with Crippen molar-refractivity contribution in [1.29, 1.82) is 0 Å². The van der Waals surface area contributed by atoms with Crippen LogP contribution in [0.1, 0.15) is 66.7 Å². The van der Waals surface area contributed by atoms with E-state index < -0.39 is 17.7 Å². The molecule has 1 fully saturated rings. The zero-order chi connectivity index (χ0) is 16.0. The lowest BCUT2D eigenvalue weighted by Gasteiger charge is -2.25. The van der Waals surface area contributed by atoms with Gasteiger partial charge in [0, 0.05) is 0 Å². The van der Waals surface area contributed by atoms with Crippen molar-refractivity contribution in [2.75, 3.05) is 0 Å². The van der Waals surface area contributed by atoms with Gasteiger partial charge in [-0.15, -0.1) is 0 Å². The highest BCUT2D eigenvalue weighted by Crippen LogP contribution is 2.23. The Hall–Kier alpha value is -1.26. The zero-order valence-electron chi connectivity index (χ0n) is 13.9. The summed E-state index contributed by atoms with van der Waals surface area (Å²) in [5, 5.41) is 2.64. The van der Waals surface area contributed by atoms with Crippen molar-refractivity contribution in [1.82, 2.24) is 5.32 Å². The minimum absolute atomic E-state index is 0.108. The maximum absolute atomic E-state index is 12.2. The van der Waals surface area contributed by atoms with E-state index in [0.717, 1.165) is 25.7 Å². The number of nitrogens with one attached hydrogen (secondary N) is 1. The van der Waals surface area contributed by atoms with Gasteiger partial charge >= 0.3 is 12.1 Å². The summed E-state index contributed by atoms with van der Waals surface area (Å²) in [7, 11) is 0. The molecule has 21 heavy (non-hydrogen) atoms. The van der Waals surface area contributed by atoms with Gasteiger partial charge in [-0.3, -0.25) is 0 Å². The van der Waals surface area contributed by atoms with Crippen LogP contribution in [0.15, 0.2) is 0 Å². The second kappa shape index (κ2) is 7.66. The van der Waals surface area contributed by atoms with Gasteiger partial charge in [0.05, 0.1) is 0 Å². The fourth-order valence-electron chi connectivity index (χ4n) is 2.59. The Morgan fingerprint density at radius 3 is 2.52 bits per heavy atom. The first-order valence-electron chi connectivity index (χ1n) is 7.93. The standard InChI is InChI=1S/C16H29NO4/c1-6-12-9-7-8-10-13(14(18)20-11(12)2)17-15(19)21-16(3,4)5/h11-13H,6-10H2,1-5H3,(H,17,19)/t11-,12+,13-/m0/s1. The second-order valence-corrected chi connectivity index (χ2v) is 6.79. The van der Waals surface area contributed by atoms with Gasteiger partial charge in [0.2, 0.25) is 0 Å². The average molecular weight is 299 g/mol. The molecule has 0 aromatic heterocycles. The van der Waals surface area contributed by atoms with Crippen molar-refractivity contribution >= 4 is 12.1 Å². The molecule has 0 saturated carbocycles. The van der Waals surface area contributed by atoms with Gasteiger partial charge in [0.15, 0.2) is 0 Å². The van der Waals surface area contributed by atoms with Gasteiger partial charge in [0.1, 0.15) is 17.7 Å². The van der Waals surface area contributed by atoms with Crippen molar-refractivity contribution in [2.24, 2.45) is 5.92 Å². The first kappa shape index (κ1) is 17.8. The minimum atomic E-state index is -0.613. The summed E-state index contributed by atoms with van der Waals surface area (Å²) < 4.78 is 10.7. The molecular formula is C16H29NO4. The predicted octanol–water partition coefficient (Wildman–Crippen LogP) is 3.41. The Kier molecular flexibility index (Phi) is 6.49. The molecule has 1 rings (SSSR count). The Bertz CT molecular complexity index is 362. The molecule has 1 N–H and O–H groups in total. The lowest BCUT2D eigenvalue weighted by molar-refractivity contribution is -0.153. The number of hydrogen-bond acceptors (Lipinski definition) is 4. The van der Waals surface area contributed by atoms with Gasteiger partial charge in [-0.05, 0) is 52.9 Å². The molecule has 0 bridgehead atoms. The number of alkyl carbamates (subject to hydrolysis) is 1. The van der Waals surface area contributed by atoms with Gasteiger partial charge in [-0.25, -0.2) is 9.59 Å². The van der Waals surface area contributed by atoms with Crippen LogP contribution in [0.4, 0.5) is 4.79 Å². The molecule has 0 unspecified atom stereocenters. The smallest absolute Gasteiger partial charge is 0.408 e. The molecule has 1 saturated heterocycles. The number of ether oxygens (including phenoxy) is 2. The zero-order valence-corrected chi connectivity index (χ0v) is 13.9. The van der Waals surface area contributed by atoms with Crippen LogP contribution in [0.25, 0.3) is 0 Å². The van der Waals surface area contributed by atoms with Crippen LogP contribution < -0.4 is 5.32 Å². The van der Waals surface area contributed by atoms with Crippen molar-refractivity contribution in [3.8, 4) is 0 Å². The van der Waals surface area contributed by atoms with E-state index in [0.29, 0.717) is 12.3 Å². The van der Waals surface area contributed by atoms with Crippen molar-refractivity contribution < 1.29 is 19.1 Å². The fourth-order valence-corrected chi connectivity index (χ4v) is 2.59. The summed E-state index contributed by atoms with van der Waals surface area (Å²) in [5.74, 6) is 0.0444. The maximum atomic E-state index is 12.2. The van der Waals surface area contributed by atoms with Crippen molar-refractivity contribution in [3.05, 3.63) is 0 Å². The van der Waals surface area contributed by atoms with E-state index >= 15 is 0 Å². The number of esters is 1. The first-order valence-corrected chi connectivity index (χ1v) is 7.93. The van der Waals surface area contributed by atoms with Gasteiger partial charge in [-0.2, -0.15) is 0 Å². The Morgan fingerprint density at radius 2 is 1.95 bits per heavy atom. The topological polar surface area (TPSA) is 64.6 Å². The van der Waals surface area contributed by atoms with Crippen LogP contribution in [-0.2, 0) is 14.3 Å². The molecule has 0 aromatic carbocycles. The number of carbonyl (C=O) groups excluding carboxylic acids is 2. The summed E-state index contributed by atoms with van der Waals surface area (Å²) in [6, 6.07) is -0.613. The summed E-state index contributed by atoms with van der Waals surface area (Å²) in [6.07, 6.45) is 3.93. The van der Waals surface area contributed by atoms with Gasteiger partial charge in [-0.1, -0.05) is 19.8 Å². The number of carbonyl (C=O) groups is 2.